The maximum atomic E-state index is 12.9. The fraction of sp³-hybridized carbons (Fsp3) is 0.167. The first-order valence-electron chi connectivity index (χ1n) is 15.9. The van der Waals surface area contributed by atoms with E-state index in [0.717, 1.165) is 0 Å². The molecule has 3 N–H and O–H groups in total. The van der Waals surface area contributed by atoms with Crippen LogP contribution in [0.5, 0.6) is 28.7 Å². The van der Waals surface area contributed by atoms with Gasteiger partial charge in [0, 0.05) is 0 Å². The van der Waals surface area contributed by atoms with Crippen LogP contribution in [0, 0.1) is 0 Å². The Kier molecular flexibility index (Phi) is 10.2. The Morgan fingerprint density at radius 3 is 1.21 bits per heavy atom. The fourth-order valence-electron chi connectivity index (χ4n) is 5.82. The minimum absolute atomic E-state index is 0.478. The zero-order chi connectivity index (χ0) is 33.7. The van der Waals surface area contributed by atoms with E-state index in [9.17, 15) is 4.89 Å². The zero-order valence-corrected chi connectivity index (χ0v) is 30.4. The van der Waals surface area contributed by atoms with E-state index < -0.39 is 34.8 Å². The molecule has 254 valence electrons. The molecular formula is C36H44N3O6P3. The molecule has 1 aliphatic rings. The first-order chi connectivity index (χ1) is 23.1. The van der Waals surface area contributed by atoms with Gasteiger partial charge in [-0.05, 0) is 0 Å². The number of hydrogen-bond donors (Lipinski definition) is 3. The standard InChI is InChI=1S/C36H44N3O6P3/c1-30-39(4)47(43-33-24-14-7-15-25-33,44-34-26-16-8-17-27-34)36(2,3)37-48(40,45-35-28-18-9-19-29-35)38-46(30,41-31-20-10-5-11-21-31)42-32-22-12-6-13-23-32/h5-30,37-38,40,46-48H,1-4H3. The van der Waals surface area contributed by atoms with Crippen molar-refractivity contribution < 1.29 is 27.5 Å². The van der Waals surface area contributed by atoms with Gasteiger partial charge in [-0.15, -0.1) is 0 Å². The van der Waals surface area contributed by atoms with Crippen molar-refractivity contribution in [2.24, 2.45) is 0 Å². The predicted molar refractivity (Wildman–Crippen MR) is 200 cm³/mol. The second-order valence-electron chi connectivity index (χ2n) is 12.1. The van der Waals surface area contributed by atoms with Crippen LogP contribution in [-0.4, -0.2) is 27.7 Å². The van der Waals surface area contributed by atoms with Crippen LogP contribution in [0.2, 0.25) is 0 Å². The maximum absolute atomic E-state index is 12.9. The molecule has 9 nitrogen and oxygen atoms in total. The Hall–Kier alpha value is -3.77. The summed E-state index contributed by atoms with van der Waals surface area (Å²) in [4.78, 5) is 16.4. The second kappa shape index (κ2) is 14.4. The van der Waals surface area contributed by atoms with E-state index in [2.05, 4.69) is 14.6 Å². The van der Waals surface area contributed by atoms with Gasteiger partial charge in [-0.25, -0.2) is 0 Å². The molecule has 0 radical (unpaired) electrons. The summed E-state index contributed by atoms with van der Waals surface area (Å²) in [5.74, 6) is 2.32. The van der Waals surface area contributed by atoms with Crippen molar-refractivity contribution in [1.82, 2.24) is 14.6 Å². The molecule has 1 atom stereocenters. The van der Waals surface area contributed by atoms with Gasteiger partial charge in [0.25, 0.3) is 0 Å². The van der Waals surface area contributed by atoms with Crippen LogP contribution in [0.4, 0.5) is 0 Å². The van der Waals surface area contributed by atoms with Crippen LogP contribution in [0.15, 0.2) is 152 Å². The van der Waals surface area contributed by atoms with E-state index in [1.54, 1.807) is 12.1 Å². The molecule has 5 aromatic rings. The Morgan fingerprint density at radius 2 is 0.854 bits per heavy atom. The number of benzene rings is 5. The van der Waals surface area contributed by atoms with E-state index in [-0.39, 0.29) is 0 Å². The Bertz CT molecular complexity index is 1660. The van der Waals surface area contributed by atoms with Crippen LogP contribution in [0.3, 0.4) is 0 Å². The van der Waals surface area contributed by atoms with Gasteiger partial charge in [0.1, 0.15) is 0 Å². The van der Waals surface area contributed by atoms with Gasteiger partial charge in [0.2, 0.25) is 0 Å². The third kappa shape index (κ3) is 7.44. The van der Waals surface area contributed by atoms with Gasteiger partial charge >= 0.3 is 285 Å². The van der Waals surface area contributed by atoms with Gasteiger partial charge in [-0.1, -0.05) is 0 Å². The number of nitrogens with zero attached hydrogens (tertiary/aromatic N) is 1. The fourth-order valence-corrected chi connectivity index (χ4v) is 18.0. The zero-order valence-electron chi connectivity index (χ0n) is 27.4. The molecule has 48 heavy (non-hydrogen) atoms. The van der Waals surface area contributed by atoms with Crippen molar-refractivity contribution in [3.8, 4) is 28.7 Å². The molecule has 0 aliphatic carbocycles. The summed E-state index contributed by atoms with van der Waals surface area (Å²) in [5, 5.41) is 2.51. The second-order valence-corrected chi connectivity index (χ2v) is 21.0. The molecule has 0 spiro atoms. The van der Waals surface area contributed by atoms with E-state index in [1.807, 2.05) is 167 Å². The van der Waals surface area contributed by atoms with Crippen molar-refractivity contribution in [2.75, 3.05) is 7.05 Å². The molecule has 1 saturated heterocycles. The summed E-state index contributed by atoms with van der Waals surface area (Å²) >= 11 is 0. The monoisotopic (exact) mass is 707 g/mol. The Morgan fingerprint density at radius 1 is 0.542 bits per heavy atom. The molecule has 1 unspecified atom stereocenters. The average Bonchev–Trinajstić information content (AvgIpc) is 3.08. The van der Waals surface area contributed by atoms with E-state index in [0.29, 0.717) is 28.7 Å². The third-order valence-electron chi connectivity index (χ3n) is 8.24. The third-order valence-corrected chi connectivity index (χ3v) is 19.6. The molecule has 0 saturated carbocycles. The van der Waals surface area contributed by atoms with Crippen LogP contribution < -0.4 is 32.6 Å². The number of rotatable bonds is 10. The molecule has 0 amide bonds. The summed E-state index contributed by atoms with van der Waals surface area (Å²) in [6, 6.07) is 47.4. The summed E-state index contributed by atoms with van der Waals surface area (Å²) < 4.78 is 36.9. The molecule has 1 aliphatic heterocycles. The van der Waals surface area contributed by atoms with Crippen molar-refractivity contribution >= 4 is 23.8 Å². The van der Waals surface area contributed by atoms with Crippen molar-refractivity contribution in [3.63, 3.8) is 0 Å². The molecule has 1 fully saturated rings. The Labute approximate surface area is 284 Å². The van der Waals surface area contributed by atoms with Crippen molar-refractivity contribution in [3.05, 3.63) is 152 Å². The van der Waals surface area contributed by atoms with Crippen LogP contribution in [0.25, 0.3) is 0 Å². The summed E-state index contributed by atoms with van der Waals surface area (Å²) in [6.07, 6.45) is 0. The first-order valence-corrected chi connectivity index (χ1v) is 21.4. The molecule has 5 aromatic carbocycles. The molecule has 12 heteroatoms. The molecular weight excluding hydrogens is 663 g/mol. The number of hydrogen-bond acceptors (Lipinski definition) is 9. The number of nitrogens with one attached hydrogen (secondary N) is 2. The van der Waals surface area contributed by atoms with E-state index in [1.165, 1.54) is 0 Å². The molecule has 0 bridgehead atoms. The van der Waals surface area contributed by atoms with Gasteiger partial charge < -0.3 is 0 Å². The van der Waals surface area contributed by atoms with Crippen LogP contribution in [0.1, 0.15) is 20.8 Å². The average molecular weight is 708 g/mol. The SMILES string of the molecule is CC1N(C)[PH](Oc2ccccc2)(Oc2ccccc2)C(C)(C)N[PH](O)(Oc2ccccc2)N[PH]1(Oc1ccccc1)Oc1ccccc1. The van der Waals surface area contributed by atoms with Crippen molar-refractivity contribution in [2.45, 2.75) is 31.8 Å². The number of para-hydroxylation sites is 5. The normalized spacial score (nSPS) is 21.6. The predicted octanol–water partition coefficient (Wildman–Crippen LogP) is 8.98. The summed E-state index contributed by atoms with van der Waals surface area (Å²) in [7, 11) is -10.0. The van der Waals surface area contributed by atoms with Gasteiger partial charge in [-0.3, -0.25) is 0 Å². The van der Waals surface area contributed by atoms with Gasteiger partial charge in [0.05, 0.1) is 0 Å². The van der Waals surface area contributed by atoms with E-state index >= 15 is 0 Å². The van der Waals surface area contributed by atoms with Gasteiger partial charge in [0.15, 0.2) is 0 Å². The first kappa shape index (κ1) is 34.1. The Balaban J connectivity index is 1.59. The molecule has 6 rings (SSSR count). The topological polar surface area (TPSA) is 93.7 Å². The van der Waals surface area contributed by atoms with Crippen LogP contribution in [-0.2, 0) is 0 Å². The summed E-state index contributed by atoms with van der Waals surface area (Å²) in [6.45, 7) is 5.98. The van der Waals surface area contributed by atoms with Crippen LogP contribution >= 0.6 is 23.8 Å². The summed E-state index contributed by atoms with van der Waals surface area (Å²) in [5.41, 5.74) is 0. The minimum atomic E-state index is -4.27. The van der Waals surface area contributed by atoms with E-state index in [4.69, 9.17) is 22.6 Å². The molecule has 0 aromatic heterocycles. The molecule has 1 heterocycles. The quantitative estimate of drug-likeness (QED) is 0.123. The van der Waals surface area contributed by atoms with Crippen molar-refractivity contribution in [1.29, 1.82) is 0 Å². The van der Waals surface area contributed by atoms with Gasteiger partial charge in [-0.2, -0.15) is 0 Å².